The number of rotatable bonds is 12. The number of H-pyrrole nitrogens is 1. The number of fused-ring (bicyclic) bond motifs is 1. The summed E-state index contributed by atoms with van der Waals surface area (Å²) in [6.07, 6.45) is 5.46. The Bertz CT molecular complexity index is 1200. The number of aromatic amines is 1. The van der Waals surface area contributed by atoms with Crippen LogP contribution in [0.15, 0.2) is 60.9 Å². The number of nitrogens with one attached hydrogen (secondary N) is 4. The first-order chi connectivity index (χ1) is 16.7. The average molecular weight is 498 g/mol. The van der Waals surface area contributed by atoms with Crippen molar-refractivity contribution in [3.8, 4) is 5.75 Å². The number of ether oxygens (including phenoxy) is 1. The van der Waals surface area contributed by atoms with E-state index in [1.165, 1.54) is 0 Å². The number of carbonyl (C=O) groups is 1. The van der Waals surface area contributed by atoms with Crippen LogP contribution in [-0.2, 0) is 4.79 Å². The van der Waals surface area contributed by atoms with Crippen LogP contribution in [0.4, 0.5) is 23.1 Å². The lowest BCUT2D eigenvalue weighted by atomic mass is 10.1. The third-order valence-corrected chi connectivity index (χ3v) is 5.12. The molecule has 184 valence electrons. The Morgan fingerprint density at radius 2 is 1.66 bits per heavy atom. The van der Waals surface area contributed by atoms with Crippen LogP contribution in [0, 0.1) is 0 Å². The summed E-state index contributed by atoms with van der Waals surface area (Å²) in [6.45, 7) is 0.604. The molecule has 0 aliphatic rings. The fourth-order valence-corrected chi connectivity index (χ4v) is 3.39. The third kappa shape index (κ3) is 7.56. The number of benzene rings is 2. The lowest BCUT2D eigenvalue weighted by molar-refractivity contribution is -0.129. The molecule has 0 fully saturated rings. The van der Waals surface area contributed by atoms with E-state index in [4.69, 9.17) is 9.94 Å². The maximum absolute atomic E-state index is 11.0. The average Bonchev–Trinajstić information content (AvgIpc) is 3.34. The van der Waals surface area contributed by atoms with Gasteiger partial charge in [0.2, 0.25) is 11.9 Å². The Balaban J connectivity index is 0.00000342. The molecule has 0 aliphatic heterocycles. The van der Waals surface area contributed by atoms with Crippen LogP contribution in [-0.4, -0.2) is 37.7 Å². The number of anilines is 4. The number of carbonyl (C=O) groups excluding carboxylic acids is 1. The van der Waals surface area contributed by atoms with Crippen LogP contribution in [0.1, 0.15) is 32.1 Å². The number of hydrogen-bond acceptors (Lipinski definition) is 8. The molecule has 1 amide bonds. The van der Waals surface area contributed by atoms with Crippen molar-refractivity contribution >= 4 is 52.6 Å². The van der Waals surface area contributed by atoms with Crippen molar-refractivity contribution in [3.63, 3.8) is 0 Å². The molecule has 0 bridgehead atoms. The number of amides is 1. The van der Waals surface area contributed by atoms with Gasteiger partial charge in [-0.05, 0) is 49.2 Å². The number of nitrogens with zero attached hydrogens (tertiary/aromatic N) is 3. The van der Waals surface area contributed by atoms with Crippen LogP contribution in [0.3, 0.4) is 0 Å². The topological polar surface area (TPSA) is 137 Å². The number of imidazole rings is 1. The first-order valence-corrected chi connectivity index (χ1v) is 11.2. The van der Waals surface area contributed by atoms with Gasteiger partial charge in [0.05, 0.1) is 12.9 Å². The van der Waals surface area contributed by atoms with Gasteiger partial charge in [-0.2, -0.15) is 9.97 Å². The fraction of sp³-hybridized carbons (Fsp3) is 0.250. The number of hydroxylamine groups is 1. The van der Waals surface area contributed by atoms with E-state index < -0.39 is 0 Å². The lowest BCUT2D eigenvalue weighted by Crippen LogP contribution is -2.17. The molecule has 2 heterocycles. The van der Waals surface area contributed by atoms with Crippen LogP contribution in [0.5, 0.6) is 5.75 Å². The van der Waals surface area contributed by atoms with Gasteiger partial charge >= 0.3 is 0 Å². The van der Waals surface area contributed by atoms with Crippen molar-refractivity contribution in [2.24, 2.45) is 0 Å². The van der Waals surface area contributed by atoms with Crippen molar-refractivity contribution in [1.29, 1.82) is 0 Å². The van der Waals surface area contributed by atoms with E-state index in [1.54, 1.807) is 11.8 Å². The van der Waals surface area contributed by atoms with Gasteiger partial charge in [-0.3, -0.25) is 10.0 Å². The highest BCUT2D eigenvalue weighted by molar-refractivity contribution is 5.86. The fourth-order valence-electron chi connectivity index (χ4n) is 3.39. The molecular formula is C24H28ClN7O3. The molecule has 0 spiro atoms. The molecule has 10 nitrogen and oxygen atoms in total. The second-order valence-corrected chi connectivity index (χ2v) is 7.69. The summed E-state index contributed by atoms with van der Waals surface area (Å²) in [6, 6.07) is 17.4. The van der Waals surface area contributed by atoms with Gasteiger partial charge in [0.15, 0.2) is 11.5 Å². The van der Waals surface area contributed by atoms with E-state index >= 15 is 0 Å². The molecule has 0 aliphatic carbocycles. The summed E-state index contributed by atoms with van der Waals surface area (Å²) in [5, 5.41) is 15.0. The Labute approximate surface area is 208 Å². The van der Waals surface area contributed by atoms with Crippen LogP contribution >= 0.6 is 12.4 Å². The van der Waals surface area contributed by atoms with Crippen molar-refractivity contribution < 1.29 is 14.7 Å². The predicted octanol–water partition coefficient (Wildman–Crippen LogP) is 5.10. The van der Waals surface area contributed by atoms with Gasteiger partial charge in [0.25, 0.3) is 0 Å². The molecule has 35 heavy (non-hydrogen) atoms. The molecule has 0 atom stereocenters. The number of para-hydroxylation sites is 1. The van der Waals surface area contributed by atoms with Gasteiger partial charge in [-0.15, -0.1) is 12.4 Å². The van der Waals surface area contributed by atoms with E-state index in [0.29, 0.717) is 30.4 Å². The monoisotopic (exact) mass is 497 g/mol. The minimum Gasteiger partial charge on any atom is -0.494 e. The van der Waals surface area contributed by atoms with E-state index in [1.807, 2.05) is 54.6 Å². The molecule has 4 rings (SSSR count). The first-order valence-electron chi connectivity index (χ1n) is 11.2. The Kier molecular flexibility index (Phi) is 9.64. The van der Waals surface area contributed by atoms with E-state index in [-0.39, 0.29) is 18.3 Å². The second kappa shape index (κ2) is 13.1. The van der Waals surface area contributed by atoms with Crippen LogP contribution in [0.2, 0.25) is 0 Å². The Morgan fingerprint density at radius 3 is 2.43 bits per heavy atom. The summed E-state index contributed by atoms with van der Waals surface area (Å²) >= 11 is 0. The smallest absolute Gasteiger partial charge is 0.243 e. The first kappa shape index (κ1) is 25.7. The maximum Gasteiger partial charge on any atom is 0.243 e. The van der Waals surface area contributed by atoms with Crippen LogP contribution in [0.25, 0.3) is 11.2 Å². The zero-order chi connectivity index (χ0) is 23.6. The van der Waals surface area contributed by atoms with Gasteiger partial charge < -0.3 is 20.4 Å². The SMILES string of the molecule is Cl.O=C(CCCCCCOc1ccc(Nc2nc(Nc3ccccc3)c3[nH]cnc3n2)cc1)NO. The number of aromatic nitrogens is 4. The van der Waals surface area contributed by atoms with E-state index in [0.717, 1.165) is 48.3 Å². The van der Waals surface area contributed by atoms with Gasteiger partial charge in [0.1, 0.15) is 11.3 Å². The summed E-state index contributed by atoms with van der Waals surface area (Å²) in [7, 11) is 0. The normalized spacial score (nSPS) is 10.4. The number of hydrogen-bond donors (Lipinski definition) is 5. The Hall–Kier alpha value is -3.89. The summed E-state index contributed by atoms with van der Waals surface area (Å²) in [5.74, 6) is 1.50. The second-order valence-electron chi connectivity index (χ2n) is 7.69. The summed E-state index contributed by atoms with van der Waals surface area (Å²) in [4.78, 5) is 27.4. The molecule has 2 aromatic carbocycles. The zero-order valence-corrected chi connectivity index (χ0v) is 19.8. The predicted molar refractivity (Wildman–Crippen MR) is 137 cm³/mol. The standard InChI is InChI=1S/C24H27N7O3.ClH/c32-20(31-33)10-6-1-2-7-15-34-19-13-11-18(12-14-19)28-24-29-22-21(25-16-26-22)23(30-24)27-17-8-4-3-5-9-17;/h3-5,8-9,11-14,16,33H,1-2,6-7,10,15H2,(H,31,32)(H3,25,26,27,28,29,30);1H. The third-order valence-electron chi connectivity index (χ3n) is 5.12. The molecule has 0 saturated carbocycles. The molecular weight excluding hydrogens is 470 g/mol. The molecule has 11 heteroatoms. The highest BCUT2D eigenvalue weighted by Crippen LogP contribution is 2.25. The molecule has 0 unspecified atom stereocenters. The van der Waals surface area contributed by atoms with E-state index in [9.17, 15) is 4.79 Å². The van der Waals surface area contributed by atoms with Crippen LogP contribution < -0.4 is 20.9 Å². The highest BCUT2D eigenvalue weighted by atomic mass is 35.5. The zero-order valence-electron chi connectivity index (χ0n) is 19.0. The summed E-state index contributed by atoms with van der Waals surface area (Å²) < 4.78 is 5.79. The van der Waals surface area contributed by atoms with Crippen molar-refractivity contribution in [2.45, 2.75) is 32.1 Å². The molecule has 4 aromatic rings. The molecule has 5 N–H and O–H groups in total. The van der Waals surface area contributed by atoms with E-state index in [2.05, 4.69) is 30.6 Å². The Morgan fingerprint density at radius 1 is 0.914 bits per heavy atom. The highest BCUT2D eigenvalue weighted by Gasteiger charge is 2.11. The number of unbranched alkanes of at least 4 members (excludes halogenated alkanes) is 3. The van der Waals surface area contributed by atoms with Crippen molar-refractivity contribution in [1.82, 2.24) is 25.4 Å². The molecule has 2 aromatic heterocycles. The molecule has 0 radical (unpaired) electrons. The maximum atomic E-state index is 11.0. The van der Waals surface area contributed by atoms with Gasteiger partial charge in [-0.25, -0.2) is 10.5 Å². The minimum absolute atomic E-state index is 0. The van der Waals surface area contributed by atoms with Crippen molar-refractivity contribution in [2.75, 3.05) is 17.2 Å². The number of halogens is 1. The molecule has 0 saturated heterocycles. The van der Waals surface area contributed by atoms with Gasteiger partial charge in [0, 0.05) is 17.8 Å². The largest absolute Gasteiger partial charge is 0.494 e. The lowest BCUT2D eigenvalue weighted by Gasteiger charge is -2.10. The summed E-state index contributed by atoms with van der Waals surface area (Å²) in [5.41, 5.74) is 4.68. The van der Waals surface area contributed by atoms with Gasteiger partial charge in [-0.1, -0.05) is 31.0 Å². The van der Waals surface area contributed by atoms with Crippen molar-refractivity contribution in [3.05, 3.63) is 60.9 Å². The quantitative estimate of drug-likeness (QED) is 0.104. The minimum atomic E-state index is -0.344.